The third kappa shape index (κ3) is 3.16. The molecule has 2 aromatic carbocycles. The molecule has 0 spiro atoms. The van der Waals surface area contributed by atoms with E-state index in [2.05, 4.69) is 4.99 Å². The molecule has 0 bridgehead atoms. The second-order valence-corrected chi connectivity index (χ2v) is 5.96. The number of benzene rings is 2. The Labute approximate surface area is 128 Å². The lowest BCUT2D eigenvalue weighted by molar-refractivity contribution is -0.142. The Hall–Kier alpha value is -2.07. The number of carbonyl (C=O) groups excluding carboxylic acids is 1. The van der Waals surface area contributed by atoms with Crippen molar-refractivity contribution < 1.29 is 9.53 Å². The van der Waals surface area contributed by atoms with Gasteiger partial charge in [-0.1, -0.05) is 42.5 Å². The van der Waals surface area contributed by atoms with Gasteiger partial charge in [0.05, 0.1) is 5.69 Å². The van der Waals surface area contributed by atoms with Gasteiger partial charge < -0.3 is 4.74 Å². The lowest BCUT2D eigenvalue weighted by atomic mass is 10.2. The highest BCUT2D eigenvalue weighted by molar-refractivity contribution is 8.01. The van der Waals surface area contributed by atoms with Gasteiger partial charge in [0.25, 0.3) is 0 Å². The smallest absolute Gasteiger partial charge is 0.325 e. The van der Waals surface area contributed by atoms with Crippen molar-refractivity contribution in [1.82, 2.24) is 0 Å². The van der Waals surface area contributed by atoms with E-state index in [0.717, 1.165) is 21.9 Å². The number of ether oxygens (including phenoxy) is 1. The molecule has 2 aromatic rings. The van der Waals surface area contributed by atoms with E-state index in [9.17, 15) is 4.79 Å². The van der Waals surface area contributed by atoms with E-state index in [-0.39, 0.29) is 11.2 Å². The molecular formula is C17H15NO2S. The second kappa shape index (κ2) is 6.14. The lowest BCUT2D eigenvalue weighted by Crippen LogP contribution is -2.28. The maximum absolute atomic E-state index is 12.3. The molecule has 0 radical (unpaired) electrons. The molecule has 0 saturated heterocycles. The highest BCUT2D eigenvalue weighted by atomic mass is 32.2. The van der Waals surface area contributed by atoms with Crippen LogP contribution in [0.4, 0.5) is 5.69 Å². The Morgan fingerprint density at radius 3 is 2.67 bits per heavy atom. The van der Waals surface area contributed by atoms with Crippen LogP contribution in [-0.4, -0.2) is 16.9 Å². The molecule has 4 heteroatoms. The summed E-state index contributed by atoms with van der Waals surface area (Å²) in [6, 6.07) is 17.5. The molecule has 3 nitrogen and oxygen atoms in total. The molecule has 3 rings (SSSR count). The Kier molecular flexibility index (Phi) is 4.06. The van der Waals surface area contributed by atoms with Gasteiger partial charge in [-0.3, -0.25) is 9.79 Å². The van der Waals surface area contributed by atoms with Gasteiger partial charge >= 0.3 is 5.97 Å². The zero-order valence-corrected chi connectivity index (χ0v) is 12.5. The minimum absolute atomic E-state index is 0.236. The third-order valence-electron chi connectivity index (χ3n) is 3.22. The predicted octanol–water partition coefficient (Wildman–Crippen LogP) is 4.00. The van der Waals surface area contributed by atoms with Crippen LogP contribution in [0.15, 0.2) is 64.5 Å². The summed E-state index contributed by atoms with van der Waals surface area (Å²) in [7, 11) is 0. The fourth-order valence-electron chi connectivity index (χ4n) is 2.13. The van der Waals surface area contributed by atoms with Crippen molar-refractivity contribution in [2.45, 2.75) is 23.7 Å². The van der Waals surface area contributed by atoms with Crippen LogP contribution in [0, 0.1) is 0 Å². The average Bonchev–Trinajstić information content (AvgIpc) is 2.53. The Bertz CT molecular complexity index is 682. The molecule has 1 aliphatic rings. The highest BCUT2D eigenvalue weighted by Crippen LogP contribution is 2.38. The van der Waals surface area contributed by atoms with E-state index in [4.69, 9.17) is 4.74 Å². The van der Waals surface area contributed by atoms with Crippen molar-refractivity contribution in [1.29, 1.82) is 0 Å². The van der Waals surface area contributed by atoms with Gasteiger partial charge in [-0.2, -0.15) is 0 Å². The first-order valence-corrected chi connectivity index (χ1v) is 7.63. The van der Waals surface area contributed by atoms with Crippen LogP contribution in [0.1, 0.15) is 12.5 Å². The molecule has 0 amide bonds. The van der Waals surface area contributed by atoms with E-state index in [0.29, 0.717) is 6.61 Å². The van der Waals surface area contributed by atoms with E-state index in [1.807, 2.05) is 61.5 Å². The number of carbonyl (C=O) groups is 1. The first-order chi connectivity index (χ1) is 10.2. The van der Waals surface area contributed by atoms with Crippen LogP contribution in [0.3, 0.4) is 0 Å². The average molecular weight is 297 g/mol. The topological polar surface area (TPSA) is 38.7 Å². The first kappa shape index (κ1) is 13.9. The van der Waals surface area contributed by atoms with Gasteiger partial charge in [-0.25, -0.2) is 0 Å². The van der Waals surface area contributed by atoms with E-state index in [1.54, 1.807) is 0 Å². The third-order valence-corrected chi connectivity index (χ3v) is 4.59. The number of hydrogen-bond donors (Lipinski definition) is 0. The van der Waals surface area contributed by atoms with Crippen LogP contribution in [-0.2, 0) is 16.1 Å². The number of rotatable bonds is 3. The number of para-hydroxylation sites is 1. The summed E-state index contributed by atoms with van der Waals surface area (Å²) in [4.78, 5) is 17.8. The molecule has 106 valence electrons. The molecule has 0 N–H and O–H groups in total. The lowest BCUT2D eigenvalue weighted by Gasteiger charge is -2.21. The zero-order chi connectivity index (χ0) is 14.7. The Morgan fingerprint density at radius 2 is 1.86 bits per heavy atom. The molecule has 0 aromatic heterocycles. The summed E-state index contributed by atoms with van der Waals surface area (Å²) in [5, 5.41) is -0.358. The summed E-state index contributed by atoms with van der Waals surface area (Å²) in [6.45, 7) is 2.17. The van der Waals surface area contributed by atoms with Crippen molar-refractivity contribution in [3.05, 3.63) is 60.2 Å². The molecule has 0 saturated carbocycles. The summed E-state index contributed by atoms with van der Waals surface area (Å²) in [6.07, 6.45) is 0. The molecule has 1 atom stereocenters. The molecule has 0 fully saturated rings. The quantitative estimate of drug-likeness (QED) is 0.804. The monoisotopic (exact) mass is 297 g/mol. The van der Waals surface area contributed by atoms with Gasteiger partial charge in [0.1, 0.15) is 11.9 Å². The van der Waals surface area contributed by atoms with Gasteiger partial charge in [0.2, 0.25) is 0 Å². The van der Waals surface area contributed by atoms with Crippen molar-refractivity contribution >= 4 is 29.1 Å². The van der Waals surface area contributed by atoms with Crippen LogP contribution in [0.5, 0.6) is 0 Å². The molecule has 21 heavy (non-hydrogen) atoms. The Balaban J connectivity index is 1.69. The summed E-state index contributed by atoms with van der Waals surface area (Å²) in [5.41, 5.74) is 2.70. The van der Waals surface area contributed by atoms with Crippen molar-refractivity contribution in [3.63, 3.8) is 0 Å². The minimum Gasteiger partial charge on any atom is -0.460 e. The number of esters is 1. The van der Waals surface area contributed by atoms with Crippen molar-refractivity contribution in [2.24, 2.45) is 4.99 Å². The SMILES string of the molecule is CC1=Nc2ccccc2SC1C(=O)OCc1ccccc1. The maximum Gasteiger partial charge on any atom is 0.325 e. The second-order valence-electron chi connectivity index (χ2n) is 4.81. The van der Waals surface area contributed by atoms with Crippen LogP contribution >= 0.6 is 11.8 Å². The van der Waals surface area contributed by atoms with Gasteiger partial charge in [-0.05, 0) is 24.6 Å². The molecule has 1 heterocycles. The van der Waals surface area contributed by atoms with E-state index < -0.39 is 0 Å². The molecule has 0 aliphatic carbocycles. The fraction of sp³-hybridized carbons (Fsp3) is 0.176. The number of aliphatic imine (C=N–C) groups is 1. The van der Waals surface area contributed by atoms with Gasteiger partial charge in [0.15, 0.2) is 0 Å². The maximum atomic E-state index is 12.3. The summed E-state index contributed by atoms with van der Waals surface area (Å²) in [5.74, 6) is -0.236. The van der Waals surface area contributed by atoms with E-state index in [1.165, 1.54) is 11.8 Å². The standard InChI is InChI=1S/C17H15NO2S/c1-12-16(21-15-10-6-5-9-14(15)18-12)17(19)20-11-13-7-3-2-4-8-13/h2-10,16H,11H2,1H3. The highest BCUT2D eigenvalue weighted by Gasteiger charge is 2.28. The van der Waals surface area contributed by atoms with Crippen LogP contribution in [0.25, 0.3) is 0 Å². The number of hydrogen-bond acceptors (Lipinski definition) is 4. The largest absolute Gasteiger partial charge is 0.460 e. The molecule has 1 aliphatic heterocycles. The number of fused-ring (bicyclic) bond motifs is 1. The van der Waals surface area contributed by atoms with Crippen molar-refractivity contribution in [2.75, 3.05) is 0 Å². The summed E-state index contributed by atoms with van der Waals surface area (Å²) >= 11 is 1.50. The van der Waals surface area contributed by atoms with Crippen LogP contribution < -0.4 is 0 Å². The molecule has 1 unspecified atom stereocenters. The zero-order valence-electron chi connectivity index (χ0n) is 11.7. The minimum atomic E-state index is -0.358. The predicted molar refractivity (Wildman–Crippen MR) is 85.1 cm³/mol. The fourth-order valence-corrected chi connectivity index (χ4v) is 3.17. The number of thioether (sulfide) groups is 1. The number of nitrogens with zero attached hydrogens (tertiary/aromatic N) is 1. The Morgan fingerprint density at radius 1 is 1.14 bits per heavy atom. The van der Waals surface area contributed by atoms with Crippen molar-refractivity contribution in [3.8, 4) is 0 Å². The first-order valence-electron chi connectivity index (χ1n) is 6.75. The molecular weight excluding hydrogens is 282 g/mol. The summed E-state index contributed by atoms with van der Waals surface area (Å²) < 4.78 is 5.41. The van der Waals surface area contributed by atoms with Gasteiger partial charge in [0, 0.05) is 10.6 Å². The van der Waals surface area contributed by atoms with E-state index >= 15 is 0 Å². The van der Waals surface area contributed by atoms with Crippen LogP contribution in [0.2, 0.25) is 0 Å². The normalized spacial score (nSPS) is 16.8. The van der Waals surface area contributed by atoms with Gasteiger partial charge in [-0.15, -0.1) is 11.8 Å².